The number of primary amides is 1. The van der Waals surface area contributed by atoms with Gasteiger partial charge in [0.2, 0.25) is 0 Å². The Labute approximate surface area is 128 Å². The van der Waals surface area contributed by atoms with E-state index >= 15 is 0 Å². The molecule has 1 heterocycles. The minimum absolute atomic E-state index is 0.365. The first-order chi connectivity index (χ1) is 10.1. The van der Waals surface area contributed by atoms with Crippen molar-refractivity contribution in [2.75, 3.05) is 11.4 Å². The fraction of sp³-hybridized carbons (Fsp3) is 0.133. The third-order valence-corrected chi connectivity index (χ3v) is 3.16. The first-order valence-electron chi connectivity index (χ1n) is 6.45. The summed E-state index contributed by atoms with van der Waals surface area (Å²) in [5, 5.41) is 0. The van der Waals surface area contributed by atoms with Crippen LogP contribution in [0.1, 0.15) is 16.8 Å². The third kappa shape index (κ3) is 3.76. The second-order valence-electron chi connectivity index (χ2n) is 4.44. The van der Waals surface area contributed by atoms with Crippen molar-refractivity contribution in [1.82, 2.24) is 4.98 Å². The smallest absolute Gasteiger partial charge is 0.252 e. The number of para-hydroxylation sites is 1. The Morgan fingerprint density at radius 1 is 1.14 bits per heavy atom. The average molecular weight is 300 g/mol. The van der Waals surface area contributed by atoms with E-state index in [9.17, 15) is 4.79 Å². The summed E-state index contributed by atoms with van der Waals surface area (Å²) in [5.74, 6) is -0.0122. The van der Waals surface area contributed by atoms with E-state index in [-0.39, 0.29) is 0 Å². The number of rotatable bonds is 6. The molecular weight excluding hydrogens is 284 g/mol. The van der Waals surface area contributed by atoms with Crippen LogP contribution in [-0.4, -0.2) is 22.4 Å². The number of aromatic nitrogens is 1. The predicted octanol–water partition coefficient (Wildman–Crippen LogP) is 1.99. The van der Waals surface area contributed by atoms with E-state index in [4.69, 9.17) is 23.7 Å². The van der Waals surface area contributed by atoms with Gasteiger partial charge >= 0.3 is 0 Å². The lowest BCUT2D eigenvalue weighted by Gasteiger charge is -2.25. The van der Waals surface area contributed by atoms with Crippen LogP contribution in [0, 0.1) is 0 Å². The van der Waals surface area contributed by atoms with Crippen molar-refractivity contribution in [2.45, 2.75) is 6.42 Å². The molecule has 0 aliphatic rings. The molecule has 0 aliphatic carbocycles. The molecule has 0 aliphatic heterocycles. The van der Waals surface area contributed by atoms with Crippen LogP contribution in [0.3, 0.4) is 0 Å². The number of nitrogens with two attached hydrogens (primary N) is 2. The Balaban J connectivity index is 2.45. The van der Waals surface area contributed by atoms with E-state index in [0.29, 0.717) is 29.3 Å². The van der Waals surface area contributed by atoms with Crippen LogP contribution in [-0.2, 0) is 0 Å². The highest BCUT2D eigenvalue weighted by Crippen LogP contribution is 2.26. The van der Waals surface area contributed by atoms with Gasteiger partial charge in [-0.2, -0.15) is 0 Å². The molecule has 0 unspecified atom stereocenters. The second-order valence-corrected chi connectivity index (χ2v) is 4.97. The first-order valence-corrected chi connectivity index (χ1v) is 6.86. The van der Waals surface area contributed by atoms with Gasteiger partial charge in [0.05, 0.1) is 10.6 Å². The van der Waals surface area contributed by atoms with E-state index in [1.54, 1.807) is 18.3 Å². The maximum absolute atomic E-state index is 11.6. The van der Waals surface area contributed by atoms with Crippen molar-refractivity contribution in [3.05, 3.63) is 54.2 Å². The van der Waals surface area contributed by atoms with Gasteiger partial charge in [0.25, 0.3) is 5.91 Å². The first kappa shape index (κ1) is 14.9. The summed E-state index contributed by atoms with van der Waals surface area (Å²) in [6, 6.07) is 12.9. The summed E-state index contributed by atoms with van der Waals surface area (Å²) < 4.78 is 0. The Kier molecular flexibility index (Phi) is 4.84. The maximum atomic E-state index is 11.6. The largest absolute Gasteiger partial charge is 0.393 e. The second kappa shape index (κ2) is 6.81. The van der Waals surface area contributed by atoms with Crippen LogP contribution in [0.4, 0.5) is 11.5 Å². The molecule has 0 spiro atoms. The topological polar surface area (TPSA) is 85.2 Å². The molecule has 1 amide bonds. The summed E-state index contributed by atoms with van der Waals surface area (Å²) in [5.41, 5.74) is 12.3. The maximum Gasteiger partial charge on any atom is 0.252 e. The monoisotopic (exact) mass is 300 g/mol. The van der Waals surface area contributed by atoms with Gasteiger partial charge in [0.1, 0.15) is 5.82 Å². The lowest BCUT2D eigenvalue weighted by Crippen LogP contribution is -2.26. The van der Waals surface area contributed by atoms with Gasteiger partial charge in [-0.05, 0) is 24.3 Å². The zero-order chi connectivity index (χ0) is 15.2. The minimum atomic E-state index is -0.519. The highest BCUT2D eigenvalue weighted by Gasteiger charge is 2.17. The summed E-state index contributed by atoms with van der Waals surface area (Å²) >= 11 is 4.94. The molecule has 1 aromatic carbocycles. The molecule has 4 N–H and O–H groups in total. The summed E-state index contributed by atoms with van der Waals surface area (Å²) in [4.78, 5) is 18.2. The number of amides is 1. The standard InChI is InChI=1S/C15H16N4OS/c16-13(21)8-10-19(11-5-2-1-3-6-11)15-12(14(17)20)7-4-9-18-15/h1-7,9H,8,10H2,(H2,16,21)(H2,17,20). The fourth-order valence-corrected chi connectivity index (χ4v) is 2.08. The molecule has 0 atom stereocenters. The predicted molar refractivity (Wildman–Crippen MR) is 87.6 cm³/mol. The van der Waals surface area contributed by atoms with Crippen molar-refractivity contribution >= 4 is 34.6 Å². The Morgan fingerprint density at radius 3 is 2.48 bits per heavy atom. The van der Waals surface area contributed by atoms with Crippen LogP contribution in [0.25, 0.3) is 0 Å². The van der Waals surface area contributed by atoms with Gasteiger partial charge in [-0.3, -0.25) is 4.79 Å². The molecule has 0 bridgehead atoms. The van der Waals surface area contributed by atoms with E-state index in [0.717, 1.165) is 5.69 Å². The van der Waals surface area contributed by atoms with Gasteiger partial charge in [0, 0.05) is 24.8 Å². The average Bonchev–Trinajstić information content (AvgIpc) is 2.48. The molecule has 0 fully saturated rings. The lowest BCUT2D eigenvalue weighted by molar-refractivity contribution is 0.100. The number of benzene rings is 1. The molecule has 0 saturated carbocycles. The van der Waals surface area contributed by atoms with Crippen molar-refractivity contribution in [3.8, 4) is 0 Å². The van der Waals surface area contributed by atoms with E-state index in [1.165, 1.54) is 0 Å². The quantitative estimate of drug-likeness (QED) is 0.797. The lowest BCUT2D eigenvalue weighted by atomic mass is 10.2. The molecule has 2 rings (SSSR count). The number of carbonyl (C=O) groups excluding carboxylic acids is 1. The third-order valence-electron chi connectivity index (χ3n) is 2.96. The number of hydrogen-bond donors (Lipinski definition) is 2. The fourth-order valence-electron chi connectivity index (χ4n) is 1.99. The van der Waals surface area contributed by atoms with Gasteiger partial charge in [-0.1, -0.05) is 30.4 Å². The molecule has 0 radical (unpaired) electrons. The zero-order valence-corrected chi connectivity index (χ0v) is 12.2. The minimum Gasteiger partial charge on any atom is -0.393 e. The van der Waals surface area contributed by atoms with E-state index < -0.39 is 5.91 Å². The molecule has 6 heteroatoms. The number of anilines is 2. The summed E-state index contributed by atoms with van der Waals surface area (Å²) in [7, 11) is 0. The molecule has 21 heavy (non-hydrogen) atoms. The molecule has 0 saturated heterocycles. The van der Waals surface area contributed by atoms with E-state index in [2.05, 4.69) is 4.98 Å². The van der Waals surface area contributed by atoms with Crippen LogP contribution in [0.5, 0.6) is 0 Å². The molecule has 2 aromatic rings. The SMILES string of the molecule is NC(=O)c1cccnc1N(CCC(N)=S)c1ccccc1. The highest BCUT2D eigenvalue weighted by atomic mass is 32.1. The summed E-state index contributed by atoms with van der Waals surface area (Å²) in [6.45, 7) is 0.524. The number of hydrogen-bond acceptors (Lipinski definition) is 4. The Morgan fingerprint density at radius 2 is 1.86 bits per heavy atom. The summed E-state index contributed by atoms with van der Waals surface area (Å²) in [6.07, 6.45) is 2.14. The molecule has 108 valence electrons. The van der Waals surface area contributed by atoms with Gasteiger partial charge in [-0.15, -0.1) is 0 Å². The van der Waals surface area contributed by atoms with Crippen molar-refractivity contribution < 1.29 is 4.79 Å². The highest BCUT2D eigenvalue weighted by molar-refractivity contribution is 7.80. The van der Waals surface area contributed by atoms with Gasteiger partial charge in [-0.25, -0.2) is 4.98 Å². The van der Waals surface area contributed by atoms with Crippen molar-refractivity contribution in [2.24, 2.45) is 11.5 Å². The van der Waals surface area contributed by atoms with Crippen LogP contribution < -0.4 is 16.4 Å². The van der Waals surface area contributed by atoms with Crippen molar-refractivity contribution in [1.29, 1.82) is 0 Å². The normalized spacial score (nSPS) is 10.1. The number of nitrogens with zero attached hydrogens (tertiary/aromatic N) is 2. The van der Waals surface area contributed by atoms with E-state index in [1.807, 2.05) is 35.2 Å². The van der Waals surface area contributed by atoms with Gasteiger partial charge in [0.15, 0.2) is 0 Å². The number of thiocarbonyl (C=S) groups is 1. The van der Waals surface area contributed by atoms with Crippen LogP contribution in [0.2, 0.25) is 0 Å². The number of carbonyl (C=O) groups is 1. The van der Waals surface area contributed by atoms with Crippen LogP contribution >= 0.6 is 12.2 Å². The zero-order valence-electron chi connectivity index (χ0n) is 11.4. The molecule has 1 aromatic heterocycles. The number of pyridine rings is 1. The Hall–Kier alpha value is -2.47. The van der Waals surface area contributed by atoms with Crippen LogP contribution in [0.15, 0.2) is 48.7 Å². The van der Waals surface area contributed by atoms with Gasteiger partial charge < -0.3 is 16.4 Å². The molecular formula is C15H16N4OS. The Bertz CT molecular complexity index is 645. The molecule has 5 nitrogen and oxygen atoms in total. The van der Waals surface area contributed by atoms with Crippen molar-refractivity contribution in [3.63, 3.8) is 0 Å².